The highest BCUT2D eigenvalue weighted by molar-refractivity contribution is 7.54. The summed E-state index contributed by atoms with van der Waals surface area (Å²) in [4.78, 5) is 0. The van der Waals surface area contributed by atoms with Crippen molar-refractivity contribution in [2.75, 3.05) is 33.0 Å². The number of hydrogen-bond donors (Lipinski definition) is 2. The number of phenolic OH excluding ortho intramolecular Hbond substituents is 1. The van der Waals surface area contributed by atoms with Crippen LogP contribution < -0.4 is 5.32 Å². The Labute approximate surface area is 239 Å². The summed E-state index contributed by atoms with van der Waals surface area (Å²) in [5.74, 6) is -0.381. The Morgan fingerprint density at radius 2 is 1.28 bits per heavy atom. The first-order valence-corrected chi connectivity index (χ1v) is 16.6. The van der Waals surface area contributed by atoms with Crippen LogP contribution in [0, 0.1) is 0 Å². The van der Waals surface area contributed by atoms with Crippen molar-refractivity contribution < 1.29 is 28.2 Å². The second-order valence-corrected chi connectivity index (χ2v) is 14.3. The highest BCUT2D eigenvalue weighted by atomic mass is 31.2. The molecule has 2 N–H and O–H groups in total. The summed E-state index contributed by atoms with van der Waals surface area (Å²) in [6, 6.07) is 3.95. The Kier molecular flexibility index (Phi) is 15.8. The van der Waals surface area contributed by atoms with Gasteiger partial charge >= 0.3 is 7.60 Å². The minimum atomic E-state index is -3.61. The fraction of sp³-hybridized carbons (Fsp3) is 0.806. The van der Waals surface area contributed by atoms with Crippen molar-refractivity contribution in [2.24, 2.45) is 0 Å². The molecule has 0 saturated heterocycles. The van der Waals surface area contributed by atoms with Crippen molar-refractivity contribution in [3.63, 3.8) is 0 Å². The molecule has 228 valence electrons. The predicted molar refractivity (Wildman–Crippen MR) is 162 cm³/mol. The molecule has 1 rings (SSSR count). The molecule has 0 aliphatic carbocycles. The van der Waals surface area contributed by atoms with Crippen molar-refractivity contribution in [3.8, 4) is 5.75 Å². The van der Waals surface area contributed by atoms with Crippen LogP contribution in [0.25, 0.3) is 0 Å². The summed E-state index contributed by atoms with van der Waals surface area (Å²) in [6.07, 6.45) is 4.69. The van der Waals surface area contributed by atoms with E-state index >= 15 is 0 Å². The van der Waals surface area contributed by atoms with Crippen LogP contribution in [-0.4, -0.2) is 44.4 Å². The van der Waals surface area contributed by atoms with Crippen molar-refractivity contribution in [2.45, 2.75) is 131 Å². The molecule has 0 amide bonds. The lowest BCUT2D eigenvalue weighted by molar-refractivity contribution is -0.139. The van der Waals surface area contributed by atoms with Crippen LogP contribution in [0.1, 0.15) is 130 Å². The third-order valence-corrected chi connectivity index (χ3v) is 8.78. The van der Waals surface area contributed by atoms with Crippen LogP contribution in [0.2, 0.25) is 0 Å². The lowest BCUT2D eigenvalue weighted by Crippen LogP contribution is -2.28. The second kappa shape index (κ2) is 17.1. The molecule has 0 radical (unpaired) electrons. The van der Waals surface area contributed by atoms with E-state index in [2.05, 4.69) is 60.7 Å². The van der Waals surface area contributed by atoms with Gasteiger partial charge in [0.1, 0.15) is 11.5 Å². The molecule has 8 heteroatoms. The normalized spacial score (nSPS) is 13.8. The number of benzene rings is 1. The van der Waals surface area contributed by atoms with E-state index < -0.39 is 13.4 Å². The second-order valence-electron chi connectivity index (χ2n) is 12.2. The quantitative estimate of drug-likeness (QED) is 0.0977. The lowest BCUT2D eigenvalue weighted by Gasteiger charge is -2.32. The largest absolute Gasteiger partial charge is 0.507 e. The molecule has 1 aromatic rings. The summed E-state index contributed by atoms with van der Waals surface area (Å²) in [6.45, 7) is 23.1. The highest BCUT2D eigenvalue weighted by Crippen LogP contribution is 2.60. The molecule has 0 aromatic heterocycles. The van der Waals surface area contributed by atoms with Crippen LogP contribution in [0.5, 0.6) is 5.75 Å². The Balaban J connectivity index is 3.56. The van der Waals surface area contributed by atoms with Gasteiger partial charge in [0.25, 0.3) is 0 Å². The standard InChI is InChI=1S/C31H58NO6P/c1-11-15-20-37-39(34,38-21-16-12-2)29(32-19-17-18-27(35-13-3)36-14-4)24-22-25(30(5,6)7)28(33)26(23-24)31(8,9)10/h22-23,27,29,32-33H,11-21H2,1-10H3. The van der Waals surface area contributed by atoms with E-state index in [1.807, 2.05) is 26.0 Å². The van der Waals surface area contributed by atoms with Gasteiger partial charge < -0.3 is 23.6 Å². The van der Waals surface area contributed by atoms with Crippen LogP contribution in [0.15, 0.2) is 12.1 Å². The van der Waals surface area contributed by atoms with Gasteiger partial charge in [0.2, 0.25) is 0 Å². The number of hydrogen-bond acceptors (Lipinski definition) is 7. The van der Waals surface area contributed by atoms with Crippen LogP contribution in [0.3, 0.4) is 0 Å². The molecule has 1 unspecified atom stereocenters. The van der Waals surface area contributed by atoms with Crippen molar-refractivity contribution in [1.29, 1.82) is 0 Å². The first kappa shape index (κ1) is 36.1. The van der Waals surface area contributed by atoms with Crippen molar-refractivity contribution in [3.05, 3.63) is 28.8 Å². The zero-order chi connectivity index (χ0) is 29.7. The van der Waals surface area contributed by atoms with Gasteiger partial charge in [0.05, 0.1) is 13.2 Å². The van der Waals surface area contributed by atoms with E-state index in [1.165, 1.54) is 0 Å². The molecular weight excluding hydrogens is 513 g/mol. The lowest BCUT2D eigenvalue weighted by atomic mass is 9.78. The molecule has 0 aliphatic heterocycles. The van der Waals surface area contributed by atoms with Crippen molar-refractivity contribution >= 4 is 7.60 Å². The topological polar surface area (TPSA) is 86.3 Å². The number of ether oxygens (including phenoxy) is 2. The number of unbranched alkanes of at least 4 members (excludes halogenated alkanes) is 2. The fourth-order valence-corrected chi connectivity index (χ4v) is 6.33. The van der Waals surface area contributed by atoms with E-state index in [0.29, 0.717) is 38.7 Å². The predicted octanol–water partition coefficient (Wildman–Crippen LogP) is 8.58. The maximum absolute atomic E-state index is 14.6. The van der Waals surface area contributed by atoms with Crippen molar-refractivity contribution in [1.82, 2.24) is 5.32 Å². The van der Waals surface area contributed by atoms with Gasteiger partial charge in [-0.15, -0.1) is 0 Å². The van der Waals surface area contributed by atoms with Crippen LogP contribution >= 0.6 is 7.60 Å². The number of phenols is 1. The molecule has 0 bridgehead atoms. The highest BCUT2D eigenvalue weighted by Gasteiger charge is 2.39. The Bertz CT molecular complexity index is 822. The maximum atomic E-state index is 14.6. The summed E-state index contributed by atoms with van der Waals surface area (Å²) in [5, 5.41) is 14.9. The van der Waals surface area contributed by atoms with E-state index in [-0.39, 0.29) is 17.1 Å². The third-order valence-electron chi connectivity index (χ3n) is 6.58. The van der Waals surface area contributed by atoms with Crippen LogP contribution in [0.4, 0.5) is 0 Å². The summed E-state index contributed by atoms with van der Waals surface area (Å²) in [7, 11) is -3.61. The molecule has 7 nitrogen and oxygen atoms in total. The van der Waals surface area contributed by atoms with Gasteiger partial charge in [-0.3, -0.25) is 9.88 Å². The Hall–Kier alpha value is -0.950. The summed E-state index contributed by atoms with van der Waals surface area (Å²) < 4.78 is 38.3. The number of nitrogens with one attached hydrogen (secondary N) is 1. The smallest absolute Gasteiger partial charge is 0.351 e. The molecule has 0 saturated carbocycles. The van der Waals surface area contributed by atoms with Gasteiger partial charge in [0, 0.05) is 13.2 Å². The maximum Gasteiger partial charge on any atom is 0.351 e. The first-order chi connectivity index (χ1) is 18.2. The zero-order valence-corrected chi connectivity index (χ0v) is 27.4. The number of aromatic hydroxyl groups is 1. The van der Waals surface area contributed by atoms with Gasteiger partial charge in [-0.25, -0.2) is 0 Å². The Morgan fingerprint density at radius 1 is 0.821 bits per heavy atom. The molecule has 39 heavy (non-hydrogen) atoms. The SMILES string of the molecule is CCCCOP(=O)(OCCCC)C(NCCCC(OCC)OCC)c1cc(C(C)(C)C)c(O)c(C(C)(C)C)c1. The molecule has 1 atom stereocenters. The summed E-state index contributed by atoms with van der Waals surface area (Å²) in [5.41, 5.74) is 1.81. The zero-order valence-electron chi connectivity index (χ0n) is 26.5. The van der Waals surface area contributed by atoms with E-state index in [1.54, 1.807) is 0 Å². The molecule has 1 aromatic carbocycles. The van der Waals surface area contributed by atoms with Gasteiger partial charge in [-0.05, 0) is 85.7 Å². The van der Waals surface area contributed by atoms with Crippen LogP contribution in [-0.2, 0) is 33.9 Å². The first-order valence-electron chi connectivity index (χ1n) is 15.0. The van der Waals surface area contributed by atoms with E-state index in [9.17, 15) is 9.67 Å². The fourth-order valence-electron chi connectivity index (χ4n) is 4.32. The average molecular weight is 572 g/mol. The molecular formula is C31H58NO6P. The monoisotopic (exact) mass is 571 g/mol. The molecule has 0 heterocycles. The Morgan fingerprint density at radius 3 is 1.67 bits per heavy atom. The van der Waals surface area contributed by atoms with Gasteiger partial charge in [0.15, 0.2) is 6.29 Å². The average Bonchev–Trinajstić information content (AvgIpc) is 2.83. The molecule has 0 spiro atoms. The minimum Gasteiger partial charge on any atom is -0.507 e. The molecule has 0 fully saturated rings. The van der Waals surface area contributed by atoms with Gasteiger partial charge in [-0.2, -0.15) is 0 Å². The molecule has 0 aliphatic rings. The van der Waals surface area contributed by atoms with E-state index in [0.717, 1.165) is 55.2 Å². The minimum absolute atomic E-state index is 0.262. The number of rotatable bonds is 19. The third kappa shape index (κ3) is 11.8. The van der Waals surface area contributed by atoms with E-state index in [4.69, 9.17) is 18.5 Å². The van der Waals surface area contributed by atoms with Gasteiger partial charge in [-0.1, -0.05) is 68.2 Å². The summed E-state index contributed by atoms with van der Waals surface area (Å²) >= 11 is 0.